The maximum absolute atomic E-state index is 13.5. The minimum absolute atomic E-state index is 0.249. The molecule has 1 aliphatic rings. The van der Waals surface area contributed by atoms with Crippen molar-refractivity contribution in [3.05, 3.63) is 24.0 Å². The van der Waals surface area contributed by atoms with Gasteiger partial charge < -0.3 is 11.1 Å². The highest BCUT2D eigenvalue weighted by Crippen LogP contribution is 2.24. The van der Waals surface area contributed by atoms with E-state index >= 15 is 0 Å². The normalized spacial score (nSPS) is 17.7. The van der Waals surface area contributed by atoms with Crippen molar-refractivity contribution in [1.82, 2.24) is 0 Å². The van der Waals surface area contributed by atoms with E-state index in [9.17, 15) is 4.39 Å². The van der Waals surface area contributed by atoms with Crippen molar-refractivity contribution < 1.29 is 4.39 Å². The predicted molar refractivity (Wildman–Crippen MR) is 61.3 cm³/mol. The molecule has 0 aromatic heterocycles. The number of anilines is 2. The molecule has 3 N–H and O–H groups in total. The van der Waals surface area contributed by atoms with Gasteiger partial charge in [0, 0.05) is 11.7 Å². The molecule has 2 nitrogen and oxygen atoms in total. The van der Waals surface area contributed by atoms with E-state index in [4.69, 9.17) is 5.73 Å². The van der Waals surface area contributed by atoms with Crippen LogP contribution >= 0.6 is 0 Å². The highest BCUT2D eigenvalue weighted by atomic mass is 19.1. The average Bonchev–Trinajstić information content (AvgIpc) is 2.24. The van der Waals surface area contributed by atoms with E-state index in [0.29, 0.717) is 17.4 Å². The van der Waals surface area contributed by atoms with Crippen LogP contribution in [-0.2, 0) is 0 Å². The van der Waals surface area contributed by atoms with Gasteiger partial charge in [0.25, 0.3) is 0 Å². The van der Waals surface area contributed by atoms with Gasteiger partial charge in [0.15, 0.2) is 0 Å². The molecule has 1 aliphatic carbocycles. The van der Waals surface area contributed by atoms with Crippen LogP contribution in [0.25, 0.3) is 0 Å². The molecule has 82 valence electrons. The molecule has 0 atom stereocenters. The van der Waals surface area contributed by atoms with Gasteiger partial charge in [0.2, 0.25) is 0 Å². The number of rotatable bonds is 2. The lowest BCUT2D eigenvalue weighted by Crippen LogP contribution is -2.22. The second-order valence-electron chi connectivity index (χ2n) is 4.22. The third-order valence-corrected chi connectivity index (χ3v) is 2.96. The minimum Gasteiger partial charge on any atom is -0.399 e. The van der Waals surface area contributed by atoms with E-state index in [1.165, 1.54) is 25.3 Å². The van der Waals surface area contributed by atoms with Crippen molar-refractivity contribution in [3.8, 4) is 0 Å². The van der Waals surface area contributed by atoms with Gasteiger partial charge in [-0.15, -0.1) is 0 Å². The molecule has 0 saturated heterocycles. The minimum atomic E-state index is -0.249. The molecule has 0 spiro atoms. The summed E-state index contributed by atoms with van der Waals surface area (Å²) in [6.07, 6.45) is 6.08. The summed E-state index contributed by atoms with van der Waals surface area (Å²) in [7, 11) is 0. The zero-order chi connectivity index (χ0) is 10.7. The fourth-order valence-electron chi connectivity index (χ4n) is 2.12. The van der Waals surface area contributed by atoms with Gasteiger partial charge >= 0.3 is 0 Å². The van der Waals surface area contributed by atoms with Crippen molar-refractivity contribution in [1.29, 1.82) is 0 Å². The summed E-state index contributed by atoms with van der Waals surface area (Å²) in [6.45, 7) is 0. The average molecular weight is 208 g/mol. The Kier molecular flexibility index (Phi) is 3.09. The monoisotopic (exact) mass is 208 g/mol. The quantitative estimate of drug-likeness (QED) is 0.733. The van der Waals surface area contributed by atoms with Crippen molar-refractivity contribution in [2.45, 2.75) is 38.1 Å². The number of nitrogen functional groups attached to an aromatic ring is 1. The maximum atomic E-state index is 13.5. The molecule has 0 aliphatic heterocycles. The summed E-state index contributed by atoms with van der Waals surface area (Å²) in [6, 6.07) is 5.25. The molecule has 15 heavy (non-hydrogen) atoms. The van der Waals surface area contributed by atoms with Crippen LogP contribution in [0, 0.1) is 5.82 Å². The first-order valence-corrected chi connectivity index (χ1v) is 5.57. The fraction of sp³-hybridized carbons (Fsp3) is 0.500. The zero-order valence-electron chi connectivity index (χ0n) is 8.80. The molecule has 1 saturated carbocycles. The zero-order valence-corrected chi connectivity index (χ0v) is 8.80. The van der Waals surface area contributed by atoms with Crippen LogP contribution in [0.4, 0.5) is 15.8 Å². The molecule has 2 rings (SSSR count). The van der Waals surface area contributed by atoms with Crippen LogP contribution in [0.5, 0.6) is 0 Å². The van der Waals surface area contributed by atoms with Crippen LogP contribution in [0.15, 0.2) is 18.2 Å². The largest absolute Gasteiger partial charge is 0.399 e. The summed E-state index contributed by atoms with van der Waals surface area (Å²) in [5.41, 5.74) is 6.55. The molecule has 0 unspecified atom stereocenters. The first kappa shape index (κ1) is 10.3. The third-order valence-electron chi connectivity index (χ3n) is 2.96. The third kappa shape index (κ3) is 2.61. The Bertz CT molecular complexity index is 332. The number of halogens is 1. The van der Waals surface area contributed by atoms with Crippen LogP contribution in [0.1, 0.15) is 32.1 Å². The predicted octanol–water partition coefficient (Wildman–Crippen LogP) is 3.15. The number of benzene rings is 1. The lowest BCUT2D eigenvalue weighted by molar-refractivity contribution is 0.460. The van der Waals surface area contributed by atoms with Crippen LogP contribution < -0.4 is 11.1 Å². The molecule has 0 amide bonds. The van der Waals surface area contributed by atoms with E-state index in [-0.39, 0.29) is 5.82 Å². The SMILES string of the molecule is Nc1ccc(NC2CCCCC2)c(F)c1. The Morgan fingerprint density at radius 1 is 1.20 bits per heavy atom. The van der Waals surface area contributed by atoms with Gasteiger partial charge in [-0.2, -0.15) is 0 Å². The summed E-state index contributed by atoms with van der Waals surface area (Å²) in [4.78, 5) is 0. The second-order valence-corrected chi connectivity index (χ2v) is 4.22. The second kappa shape index (κ2) is 4.51. The Balaban J connectivity index is 2.03. The molecular weight excluding hydrogens is 191 g/mol. The lowest BCUT2D eigenvalue weighted by Gasteiger charge is -2.24. The summed E-state index contributed by atoms with van der Waals surface area (Å²) in [5.74, 6) is -0.249. The number of nitrogens with one attached hydrogen (secondary N) is 1. The van der Waals surface area contributed by atoms with Crippen LogP contribution in [0.2, 0.25) is 0 Å². The first-order chi connectivity index (χ1) is 7.25. The van der Waals surface area contributed by atoms with Gasteiger partial charge in [0.1, 0.15) is 5.82 Å². The molecule has 0 heterocycles. The summed E-state index contributed by atoms with van der Waals surface area (Å²) in [5, 5.41) is 3.25. The molecule has 1 aromatic rings. The summed E-state index contributed by atoms with van der Waals surface area (Å²) >= 11 is 0. The Morgan fingerprint density at radius 3 is 2.60 bits per heavy atom. The first-order valence-electron chi connectivity index (χ1n) is 5.57. The van der Waals surface area contributed by atoms with Crippen molar-refractivity contribution in [2.75, 3.05) is 11.1 Å². The molecule has 1 aromatic carbocycles. The molecule has 1 fully saturated rings. The van der Waals surface area contributed by atoms with E-state index in [1.54, 1.807) is 12.1 Å². The van der Waals surface area contributed by atoms with E-state index < -0.39 is 0 Å². The summed E-state index contributed by atoms with van der Waals surface area (Å²) < 4.78 is 13.5. The van der Waals surface area contributed by atoms with Crippen molar-refractivity contribution in [3.63, 3.8) is 0 Å². The number of hydrogen-bond donors (Lipinski definition) is 2. The van der Waals surface area contributed by atoms with Crippen LogP contribution in [-0.4, -0.2) is 6.04 Å². The maximum Gasteiger partial charge on any atom is 0.148 e. The van der Waals surface area contributed by atoms with Gasteiger partial charge in [-0.3, -0.25) is 0 Å². The Morgan fingerprint density at radius 2 is 1.93 bits per heavy atom. The molecule has 3 heteroatoms. The van der Waals surface area contributed by atoms with E-state index in [1.807, 2.05) is 0 Å². The highest BCUT2D eigenvalue weighted by molar-refractivity contribution is 5.53. The molecular formula is C12H17FN2. The molecule has 0 radical (unpaired) electrons. The van der Waals surface area contributed by atoms with Crippen molar-refractivity contribution in [2.24, 2.45) is 0 Å². The number of nitrogens with two attached hydrogens (primary N) is 1. The van der Waals surface area contributed by atoms with Crippen molar-refractivity contribution >= 4 is 11.4 Å². The topological polar surface area (TPSA) is 38.0 Å². The van der Waals surface area contributed by atoms with Crippen LogP contribution in [0.3, 0.4) is 0 Å². The van der Waals surface area contributed by atoms with Gasteiger partial charge in [0.05, 0.1) is 5.69 Å². The Labute approximate surface area is 89.7 Å². The standard InChI is InChI=1S/C12H17FN2/c13-11-8-9(14)6-7-12(11)15-10-4-2-1-3-5-10/h6-8,10,15H,1-5,14H2. The smallest absolute Gasteiger partial charge is 0.148 e. The lowest BCUT2D eigenvalue weighted by atomic mass is 9.95. The highest BCUT2D eigenvalue weighted by Gasteiger charge is 2.14. The van der Waals surface area contributed by atoms with E-state index in [0.717, 1.165) is 12.8 Å². The number of hydrogen-bond acceptors (Lipinski definition) is 2. The van der Waals surface area contributed by atoms with Gasteiger partial charge in [-0.25, -0.2) is 4.39 Å². The van der Waals surface area contributed by atoms with Gasteiger partial charge in [-0.1, -0.05) is 19.3 Å². The fourth-order valence-corrected chi connectivity index (χ4v) is 2.12. The van der Waals surface area contributed by atoms with Gasteiger partial charge in [-0.05, 0) is 31.0 Å². The van der Waals surface area contributed by atoms with E-state index in [2.05, 4.69) is 5.32 Å². The molecule has 0 bridgehead atoms. The Hall–Kier alpha value is -1.25.